The maximum atomic E-state index is 15.7. The number of nitrogens with two attached hydrogens (primary N) is 1. The van der Waals surface area contributed by atoms with Crippen molar-refractivity contribution in [2.75, 3.05) is 49.7 Å². The van der Waals surface area contributed by atoms with Crippen LogP contribution in [0.1, 0.15) is 54.0 Å². The van der Waals surface area contributed by atoms with Crippen molar-refractivity contribution in [3.63, 3.8) is 0 Å². The van der Waals surface area contributed by atoms with Crippen molar-refractivity contribution in [2.45, 2.75) is 45.2 Å². The van der Waals surface area contributed by atoms with E-state index in [1.165, 1.54) is 4.90 Å². The van der Waals surface area contributed by atoms with Gasteiger partial charge in [-0.15, -0.1) is 0 Å². The molecule has 3 aromatic carbocycles. The molecule has 3 aliphatic rings. The van der Waals surface area contributed by atoms with Crippen LogP contribution >= 0.6 is 0 Å². The summed E-state index contributed by atoms with van der Waals surface area (Å²) in [6.45, 7) is 4.98. The van der Waals surface area contributed by atoms with E-state index in [1.807, 2.05) is 56.3 Å². The lowest BCUT2D eigenvalue weighted by atomic mass is 9.93. The minimum absolute atomic E-state index is 0.0372. The summed E-state index contributed by atoms with van der Waals surface area (Å²) in [5.74, 6) is -0.731. The fourth-order valence-corrected chi connectivity index (χ4v) is 6.37. The van der Waals surface area contributed by atoms with E-state index in [0.717, 1.165) is 39.9 Å². The van der Waals surface area contributed by atoms with Gasteiger partial charge in [-0.05, 0) is 65.8 Å². The van der Waals surface area contributed by atoms with Crippen LogP contribution in [0.15, 0.2) is 60.8 Å². The van der Waals surface area contributed by atoms with E-state index in [9.17, 15) is 14.4 Å². The van der Waals surface area contributed by atoms with Gasteiger partial charge >= 0.3 is 6.09 Å². The zero-order valence-electron chi connectivity index (χ0n) is 27.2. The van der Waals surface area contributed by atoms with Crippen molar-refractivity contribution < 1.29 is 28.2 Å². The number of amides is 3. The fourth-order valence-electron chi connectivity index (χ4n) is 6.37. The first-order valence-electron chi connectivity index (χ1n) is 16.0. The van der Waals surface area contributed by atoms with Crippen LogP contribution in [0.5, 0.6) is 5.75 Å². The Bertz CT molecular complexity index is 1880. The molecule has 0 aliphatic carbocycles. The number of rotatable bonds is 6. The number of hydrogen-bond acceptors (Lipinski definition) is 8. The molecular weight excluding hydrogens is 615 g/mol. The second kappa shape index (κ2) is 13.8. The van der Waals surface area contributed by atoms with Crippen LogP contribution < -0.4 is 21.1 Å². The van der Waals surface area contributed by atoms with E-state index in [4.69, 9.17) is 15.2 Å². The number of nitrogen functional groups attached to an aromatic ring is 1. The molecule has 3 aliphatic heterocycles. The van der Waals surface area contributed by atoms with E-state index >= 15 is 4.39 Å². The number of halogens is 1. The van der Waals surface area contributed by atoms with Gasteiger partial charge < -0.3 is 30.3 Å². The summed E-state index contributed by atoms with van der Waals surface area (Å²) in [5, 5.41) is 7.71. The Balaban J connectivity index is 1.36. The number of nitrogens with one attached hydrogen (secondary N) is 2. The molecule has 1 fully saturated rings. The quantitative estimate of drug-likeness (QED) is 0.239. The van der Waals surface area contributed by atoms with Gasteiger partial charge in [0.05, 0.1) is 13.2 Å². The monoisotopic (exact) mass is 654 g/mol. The minimum atomic E-state index is -0.808. The molecule has 250 valence electrons. The molecule has 0 radical (unpaired) electrons. The summed E-state index contributed by atoms with van der Waals surface area (Å²) in [6.07, 6.45) is 2.18. The molecule has 4 aromatic rings. The highest BCUT2D eigenvalue weighted by molar-refractivity contribution is 5.94. The largest absolute Gasteiger partial charge is 0.488 e. The molecule has 4 N–H and O–H groups in total. The third-order valence-electron chi connectivity index (χ3n) is 8.91. The second-order valence-corrected chi connectivity index (χ2v) is 12.4. The molecule has 7 rings (SSSR count). The molecule has 0 spiro atoms. The van der Waals surface area contributed by atoms with Crippen molar-refractivity contribution in [1.29, 1.82) is 0 Å². The zero-order valence-corrected chi connectivity index (χ0v) is 27.2. The SMILES string of the molecule is Cc1cc2ccc1C(C)COC(=O)Nc1cc(F)c(OCCN3CCCC3=O)c(c1)CN(C)C(=O)C2Nc1ccc2c(N)nccc2c1. The summed E-state index contributed by atoms with van der Waals surface area (Å²) >= 11 is 0. The van der Waals surface area contributed by atoms with Crippen LogP contribution in [-0.2, 0) is 20.9 Å². The number of likely N-dealkylation sites (N-methyl/N-ethyl adjacent to an activating group) is 1. The van der Waals surface area contributed by atoms with E-state index in [-0.39, 0.29) is 48.9 Å². The van der Waals surface area contributed by atoms with Crippen molar-refractivity contribution in [1.82, 2.24) is 14.8 Å². The smallest absolute Gasteiger partial charge is 0.411 e. The van der Waals surface area contributed by atoms with E-state index in [2.05, 4.69) is 15.6 Å². The topological polar surface area (TPSA) is 139 Å². The zero-order chi connectivity index (χ0) is 33.9. The Morgan fingerprint density at radius 1 is 1.12 bits per heavy atom. The highest BCUT2D eigenvalue weighted by Crippen LogP contribution is 2.33. The molecular formula is C36H39FN6O5. The average Bonchev–Trinajstić information content (AvgIpc) is 3.47. The van der Waals surface area contributed by atoms with Crippen molar-refractivity contribution in [2.24, 2.45) is 0 Å². The van der Waals surface area contributed by atoms with Gasteiger partial charge in [-0.3, -0.25) is 14.9 Å². The number of carbonyl (C=O) groups excluding carboxylic acids is 3. The van der Waals surface area contributed by atoms with Crippen LogP contribution in [0.2, 0.25) is 0 Å². The third-order valence-corrected chi connectivity index (χ3v) is 8.91. The molecule has 2 atom stereocenters. The number of anilines is 3. The Kier molecular flexibility index (Phi) is 9.33. The lowest BCUT2D eigenvalue weighted by molar-refractivity contribution is -0.131. The summed E-state index contributed by atoms with van der Waals surface area (Å²) in [4.78, 5) is 46.5. The third kappa shape index (κ3) is 6.97. The summed E-state index contributed by atoms with van der Waals surface area (Å²) in [7, 11) is 1.63. The molecule has 12 heteroatoms. The van der Waals surface area contributed by atoms with Gasteiger partial charge in [0.1, 0.15) is 18.5 Å². The number of ether oxygens (including phenoxy) is 2. The van der Waals surface area contributed by atoms with Crippen molar-refractivity contribution >= 4 is 45.9 Å². The second-order valence-electron chi connectivity index (χ2n) is 12.4. The lowest BCUT2D eigenvalue weighted by Crippen LogP contribution is -2.35. The van der Waals surface area contributed by atoms with Gasteiger partial charge in [0.15, 0.2) is 11.6 Å². The number of pyridine rings is 1. The summed E-state index contributed by atoms with van der Waals surface area (Å²) in [5.41, 5.74) is 9.91. The Hall–Kier alpha value is -5.39. The normalized spacial score (nSPS) is 18.6. The number of carbonyl (C=O) groups is 3. The summed E-state index contributed by atoms with van der Waals surface area (Å²) < 4.78 is 27.1. The highest BCUT2D eigenvalue weighted by Gasteiger charge is 2.28. The number of aryl methyl sites for hydroxylation is 1. The molecule has 0 saturated carbocycles. The highest BCUT2D eigenvalue weighted by atomic mass is 19.1. The molecule has 4 heterocycles. The number of benzene rings is 3. The Morgan fingerprint density at radius 3 is 2.73 bits per heavy atom. The van der Waals surface area contributed by atoms with Crippen molar-refractivity contribution in [3.8, 4) is 5.75 Å². The number of likely N-dealkylation sites (tertiary alicyclic amines) is 1. The number of hydrogen-bond donors (Lipinski definition) is 3. The van der Waals surface area contributed by atoms with E-state index in [0.29, 0.717) is 36.6 Å². The first-order chi connectivity index (χ1) is 23.1. The number of fused-ring (bicyclic) bond motifs is 10. The molecule has 1 aromatic heterocycles. The standard InChI is InChI=1S/C36H39FN6O5/c1-21-15-24-6-8-28(21)22(2)20-48-36(46)41-27-17-25(33(30(37)18-27)47-14-13-43-12-4-5-31(43)44)19-42(3)35(45)32(24)40-26-7-9-29-23(16-26)10-11-39-34(29)38/h6-11,15-18,22,32,40H,4-5,12-14,19-20H2,1-3H3,(H2,38,39)(H,41,46). The molecule has 1 saturated heterocycles. The van der Waals surface area contributed by atoms with E-state index < -0.39 is 18.0 Å². The van der Waals surface area contributed by atoms with E-state index in [1.54, 1.807) is 24.2 Å². The van der Waals surface area contributed by atoms with Gasteiger partial charge in [0, 0.05) is 67.1 Å². The Morgan fingerprint density at radius 2 is 1.96 bits per heavy atom. The molecule has 11 nitrogen and oxygen atoms in total. The molecule has 48 heavy (non-hydrogen) atoms. The first kappa shape index (κ1) is 32.5. The number of aromatic nitrogens is 1. The Labute approximate surface area is 278 Å². The molecule has 3 amide bonds. The van der Waals surface area contributed by atoms with Crippen molar-refractivity contribution in [3.05, 3.63) is 88.9 Å². The van der Waals surface area contributed by atoms with Crippen LogP contribution in [-0.4, -0.2) is 66.0 Å². The maximum absolute atomic E-state index is 15.7. The van der Waals surface area contributed by atoms with Gasteiger partial charge in [0.25, 0.3) is 0 Å². The lowest BCUT2D eigenvalue weighted by Gasteiger charge is -2.28. The van der Waals surface area contributed by atoms with Crippen LogP contribution in [0.4, 0.5) is 26.4 Å². The average molecular weight is 655 g/mol. The van der Waals surface area contributed by atoms with Gasteiger partial charge in [-0.1, -0.05) is 25.1 Å². The van der Waals surface area contributed by atoms with Crippen LogP contribution in [0, 0.1) is 12.7 Å². The first-order valence-corrected chi connectivity index (χ1v) is 16.0. The summed E-state index contributed by atoms with van der Waals surface area (Å²) in [6, 6.07) is 15.2. The predicted octanol–water partition coefficient (Wildman–Crippen LogP) is 5.74. The van der Waals surface area contributed by atoms with Gasteiger partial charge in [0.2, 0.25) is 11.8 Å². The van der Waals surface area contributed by atoms with Crippen LogP contribution in [0.3, 0.4) is 0 Å². The fraction of sp³-hybridized carbons (Fsp3) is 0.333. The molecule has 2 unspecified atom stereocenters. The van der Waals surface area contributed by atoms with Gasteiger partial charge in [-0.25, -0.2) is 14.2 Å². The number of nitrogens with zero attached hydrogens (tertiary/aromatic N) is 3. The minimum Gasteiger partial charge on any atom is -0.488 e. The molecule has 4 bridgehead atoms. The predicted molar refractivity (Wildman–Crippen MR) is 181 cm³/mol. The maximum Gasteiger partial charge on any atom is 0.411 e. The van der Waals surface area contributed by atoms with Crippen LogP contribution in [0.25, 0.3) is 10.8 Å². The van der Waals surface area contributed by atoms with Gasteiger partial charge in [-0.2, -0.15) is 0 Å².